The summed E-state index contributed by atoms with van der Waals surface area (Å²) in [6.45, 7) is 17.2. The van der Waals surface area contributed by atoms with Crippen molar-refractivity contribution in [2.24, 2.45) is 0 Å². The highest BCUT2D eigenvalue weighted by Gasteiger charge is 1.97. The zero-order valence-corrected chi connectivity index (χ0v) is 24.8. The lowest BCUT2D eigenvalue weighted by Gasteiger charge is -2.07. The van der Waals surface area contributed by atoms with Crippen molar-refractivity contribution in [3.8, 4) is 0 Å². The number of hydrogen-bond donors (Lipinski definition) is 2. The Bertz CT molecular complexity index is 442. The number of rotatable bonds is 28. The fraction of sp³-hybridized carbons (Fsp3) is 0.929. The summed E-state index contributed by atoms with van der Waals surface area (Å²) >= 11 is 0. The Morgan fingerprint density at radius 3 is 0.947 bits per heavy atom. The van der Waals surface area contributed by atoms with Gasteiger partial charge >= 0.3 is 0 Å². The summed E-state index contributed by atoms with van der Waals surface area (Å²) in [5.41, 5.74) is 0. The molecule has 0 aromatic rings. The number of ether oxygens (including phenoxy) is 6. The van der Waals surface area contributed by atoms with Crippen LogP contribution in [-0.4, -0.2) is 104 Å². The van der Waals surface area contributed by atoms with Gasteiger partial charge in [-0.2, -0.15) is 0 Å². The van der Waals surface area contributed by atoms with Crippen LogP contribution in [0.4, 0.5) is 0 Å². The van der Waals surface area contributed by atoms with Crippen molar-refractivity contribution in [2.75, 3.05) is 92.4 Å². The zero-order chi connectivity index (χ0) is 28.4. The molecular weight excluding hydrogens is 492 g/mol. The maximum atomic E-state index is 10.9. The third-order valence-corrected chi connectivity index (χ3v) is 4.99. The molecule has 0 bridgehead atoms. The Labute approximate surface area is 232 Å². The Kier molecular flexibility index (Phi) is 36.5. The summed E-state index contributed by atoms with van der Waals surface area (Å²) in [5.74, 6) is 0.179. The molecule has 0 aliphatic rings. The normalized spacial score (nSPS) is 10.6. The number of hydrogen-bond acceptors (Lipinski definition) is 8. The zero-order valence-electron chi connectivity index (χ0n) is 24.8. The molecule has 0 heterocycles. The molecule has 228 valence electrons. The molecule has 38 heavy (non-hydrogen) atoms. The Balaban J connectivity index is 0. The van der Waals surface area contributed by atoms with Crippen LogP contribution < -0.4 is 10.6 Å². The van der Waals surface area contributed by atoms with E-state index in [1.807, 2.05) is 13.8 Å². The maximum Gasteiger partial charge on any atom is 0.219 e. The van der Waals surface area contributed by atoms with Gasteiger partial charge in [0.2, 0.25) is 11.8 Å². The highest BCUT2D eigenvalue weighted by molar-refractivity contribution is 5.75. The second kappa shape index (κ2) is 35.7. The van der Waals surface area contributed by atoms with E-state index in [9.17, 15) is 9.59 Å². The van der Waals surface area contributed by atoms with Crippen LogP contribution in [0.25, 0.3) is 0 Å². The van der Waals surface area contributed by atoms with Gasteiger partial charge in [0.05, 0.1) is 52.9 Å². The summed E-state index contributed by atoms with van der Waals surface area (Å²) in [6, 6.07) is 0. The minimum Gasteiger partial charge on any atom is -0.379 e. The van der Waals surface area contributed by atoms with Crippen LogP contribution in [0.5, 0.6) is 0 Å². The molecule has 0 aromatic carbocycles. The van der Waals surface area contributed by atoms with E-state index in [0.29, 0.717) is 92.0 Å². The number of amides is 2. The predicted octanol–water partition coefficient (Wildman–Crippen LogP) is 3.51. The molecule has 0 aromatic heterocycles. The molecule has 0 radical (unpaired) electrons. The topological polar surface area (TPSA) is 114 Å². The molecule has 0 unspecified atom stereocenters. The van der Waals surface area contributed by atoms with Crippen molar-refractivity contribution in [1.82, 2.24) is 10.6 Å². The molecule has 0 atom stereocenters. The predicted molar refractivity (Wildman–Crippen MR) is 151 cm³/mol. The van der Waals surface area contributed by atoms with E-state index in [4.69, 9.17) is 28.4 Å². The first-order valence-corrected chi connectivity index (χ1v) is 14.6. The van der Waals surface area contributed by atoms with Crippen LogP contribution in [-0.2, 0) is 38.0 Å². The Hall–Kier alpha value is -1.30. The van der Waals surface area contributed by atoms with Crippen molar-refractivity contribution < 1.29 is 38.0 Å². The van der Waals surface area contributed by atoms with Gasteiger partial charge in [-0.25, -0.2) is 0 Å². The molecule has 0 aliphatic heterocycles. The van der Waals surface area contributed by atoms with E-state index in [2.05, 4.69) is 24.5 Å². The van der Waals surface area contributed by atoms with E-state index in [0.717, 1.165) is 51.7 Å². The molecule has 10 nitrogen and oxygen atoms in total. The minimum atomic E-state index is 0.0893. The second-order valence-corrected chi connectivity index (χ2v) is 8.50. The number of unbranched alkanes of at least 4 members (excludes halogenated alkanes) is 2. The lowest BCUT2D eigenvalue weighted by molar-refractivity contribution is -0.121. The van der Waals surface area contributed by atoms with Gasteiger partial charge in [-0.05, 0) is 25.7 Å². The molecule has 2 N–H and O–H groups in total. The summed E-state index contributed by atoms with van der Waals surface area (Å²) < 4.78 is 32.2. The Morgan fingerprint density at radius 2 is 0.684 bits per heavy atom. The third kappa shape index (κ3) is 36.9. The number of carbonyl (C=O) groups excluding carboxylic acids is 2. The van der Waals surface area contributed by atoms with Crippen LogP contribution in [0, 0.1) is 0 Å². The second-order valence-electron chi connectivity index (χ2n) is 8.50. The monoisotopic (exact) mass is 550 g/mol. The molecule has 0 spiro atoms. The van der Waals surface area contributed by atoms with Gasteiger partial charge in [0.15, 0.2) is 0 Å². The van der Waals surface area contributed by atoms with Crippen LogP contribution >= 0.6 is 0 Å². The first-order chi connectivity index (χ1) is 18.6. The molecule has 0 saturated carbocycles. The van der Waals surface area contributed by atoms with Crippen molar-refractivity contribution >= 4 is 11.8 Å². The largest absolute Gasteiger partial charge is 0.379 e. The lowest BCUT2D eigenvalue weighted by atomic mass is 10.4. The van der Waals surface area contributed by atoms with Gasteiger partial charge in [-0.3, -0.25) is 9.59 Å². The maximum absolute atomic E-state index is 10.9. The van der Waals surface area contributed by atoms with Crippen LogP contribution in [0.15, 0.2) is 0 Å². The summed E-state index contributed by atoms with van der Waals surface area (Å²) in [4.78, 5) is 21.9. The molecule has 10 heteroatoms. The first-order valence-electron chi connectivity index (χ1n) is 14.6. The molecule has 0 fully saturated rings. The van der Waals surface area contributed by atoms with Crippen molar-refractivity contribution in [2.45, 2.75) is 79.1 Å². The van der Waals surface area contributed by atoms with E-state index >= 15 is 0 Å². The molecule has 2 amide bonds. The summed E-state index contributed by atoms with van der Waals surface area (Å²) in [7, 11) is 0. The van der Waals surface area contributed by atoms with Crippen molar-refractivity contribution in [1.29, 1.82) is 0 Å². The fourth-order valence-corrected chi connectivity index (χ4v) is 2.63. The van der Waals surface area contributed by atoms with E-state index in [1.54, 1.807) is 0 Å². The van der Waals surface area contributed by atoms with Crippen LogP contribution in [0.1, 0.15) is 79.1 Å². The smallest absolute Gasteiger partial charge is 0.219 e. The third-order valence-electron chi connectivity index (χ3n) is 4.99. The highest BCUT2D eigenvalue weighted by Crippen LogP contribution is 1.90. The SMILES string of the molecule is CCCCOCCOCCOCCCNC(=O)CC.CCCCOCCOCCOCCCNC(=O)CC. The van der Waals surface area contributed by atoms with Crippen LogP contribution in [0.3, 0.4) is 0 Å². The van der Waals surface area contributed by atoms with Gasteiger partial charge in [-0.1, -0.05) is 40.5 Å². The van der Waals surface area contributed by atoms with Gasteiger partial charge < -0.3 is 39.1 Å². The van der Waals surface area contributed by atoms with E-state index in [1.165, 1.54) is 0 Å². The van der Waals surface area contributed by atoms with Gasteiger partial charge in [-0.15, -0.1) is 0 Å². The molecular formula is C28H58N2O8. The lowest BCUT2D eigenvalue weighted by Crippen LogP contribution is -2.24. The van der Waals surface area contributed by atoms with Crippen molar-refractivity contribution in [3.63, 3.8) is 0 Å². The van der Waals surface area contributed by atoms with Crippen molar-refractivity contribution in [3.05, 3.63) is 0 Å². The highest BCUT2D eigenvalue weighted by atomic mass is 16.5. The quantitative estimate of drug-likeness (QED) is 0.142. The van der Waals surface area contributed by atoms with Gasteiger partial charge in [0, 0.05) is 52.4 Å². The standard InChI is InChI=1S/2C14H29NO4/c2*1-3-5-8-17-10-12-19-13-11-18-9-6-7-15-14(16)4-2/h2*3-13H2,1-2H3,(H,15,16). The first kappa shape index (κ1) is 38.8. The Morgan fingerprint density at radius 1 is 0.421 bits per heavy atom. The molecule has 0 rings (SSSR count). The molecule has 0 aliphatic carbocycles. The van der Waals surface area contributed by atoms with Gasteiger partial charge in [0.1, 0.15) is 0 Å². The average molecular weight is 551 g/mol. The van der Waals surface area contributed by atoms with Gasteiger partial charge in [0.25, 0.3) is 0 Å². The van der Waals surface area contributed by atoms with E-state index in [-0.39, 0.29) is 11.8 Å². The summed E-state index contributed by atoms with van der Waals surface area (Å²) in [5, 5.41) is 5.60. The molecule has 0 saturated heterocycles. The minimum absolute atomic E-state index is 0.0893. The number of nitrogens with one attached hydrogen (secondary N) is 2. The summed E-state index contributed by atoms with van der Waals surface area (Å²) in [6.07, 6.45) is 7.29. The fourth-order valence-electron chi connectivity index (χ4n) is 2.63. The number of carbonyl (C=O) groups is 2. The van der Waals surface area contributed by atoms with Crippen LogP contribution in [0.2, 0.25) is 0 Å². The van der Waals surface area contributed by atoms with E-state index < -0.39 is 0 Å². The average Bonchev–Trinajstić information content (AvgIpc) is 2.93.